The first-order valence-corrected chi connectivity index (χ1v) is 9.05. The number of ketones is 1. The first-order valence-electron chi connectivity index (χ1n) is 9.05. The van der Waals surface area contributed by atoms with E-state index in [1.54, 1.807) is 16.9 Å². The average Bonchev–Trinajstić information content (AvgIpc) is 3.38. The number of amides is 1. The molecule has 7 heteroatoms. The monoisotopic (exact) mass is 373 g/mol. The van der Waals surface area contributed by atoms with E-state index >= 15 is 0 Å². The fourth-order valence-corrected chi connectivity index (χ4v) is 2.96. The van der Waals surface area contributed by atoms with Gasteiger partial charge in [-0.05, 0) is 36.2 Å². The Kier molecular flexibility index (Phi) is 4.72. The van der Waals surface area contributed by atoms with E-state index in [1.807, 2.05) is 48.5 Å². The second-order valence-corrected chi connectivity index (χ2v) is 6.46. The second kappa shape index (κ2) is 7.48. The normalized spacial score (nSPS) is 10.9. The van der Waals surface area contributed by atoms with Crippen LogP contribution in [0.3, 0.4) is 0 Å². The number of aromatic nitrogens is 4. The fourth-order valence-electron chi connectivity index (χ4n) is 2.96. The van der Waals surface area contributed by atoms with Gasteiger partial charge in [0.15, 0.2) is 0 Å². The van der Waals surface area contributed by atoms with Crippen molar-refractivity contribution >= 4 is 22.6 Å². The van der Waals surface area contributed by atoms with Gasteiger partial charge in [-0.25, -0.2) is 4.68 Å². The molecule has 0 radical (unpaired) electrons. The first kappa shape index (κ1) is 17.7. The molecule has 0 unspecified atom stereocenters. The van der Waals surface area contributed by atoms with Crippen LogP contribution in [-0.2, 0) is 17.8 Å². The largest absolute Gasteiger partial charge is 0.352 e. The Morgan fingerprint density at radius 2 is 1.89 bits per heavy atom. The zero-order valence-electron chi connectivity index (χ0n) is 15.3. The molecular weight excluding hydrogens is 354 g/mol. The summed E-state index contributed by atoms with van der Waals surface area (Å²) in [5.74, 6) is -1.30. The number of carbonyl (C=O) groups excluding carboxylic acids is 2. The van der Waals surface area contributed by atoms with E-state index in [1.165, 1.54) is 5.56 Å². The molecule has 2 aromatic carbocycles. The number of H-pyrrole nitrogens is 1. The summed E-state index contributed by atoms with van der Waals surface area (Å²) in [4.78, 5) is 27.5. The van der Waals surface area contributed by atoms with Crippen molar-refractivity contribution in [3.63, 3.8) is 0 Å². The van der Waals surface area contributed by atoms with Crippen LogP contribution in [0.2, 0.25) is 0 Å². The number of fused-ring (bicyclic) bond motifs is 1. The molecule has 140 valence electrons. The summed E-state index contributed by atoms with van der Waals surface area (Å²) < 4.78 is 1.64. The van der Waals surface area contributed by atoms with Gasteiger partial charge in [-0.15, -0.1) is 5.10 Å². The van der Waals surface area contributed by atoms with Crippen LogP contribution in [0.1, 0.15) is 28.7 Å². The number of para-hydroxylation sites is 1. The van der Waals surface area contributed by atoms with Gasteiger partial charge in [0.25, 0.3) is 11.7 Å². The molecule has 7 nitrogen and oxygen atoms in total. The standard InChI is InChI=1S/C21H19N5O2/c1-2-14-7-9-17(10-8-14)26-13-16(24-25-26)12-22-21(28)20(27)19-11-15-5-3-4-6-18(15)23-19/h3-11,13,23H,2,12H2,1H3,(H,22,28). The van der Waals surface area contributed by atoms with Gasteiger partial charge in [-0.1, -0.05) is 42.5 Å². The second-order valence-electron chi connectivity index (χ2n) is 6.46. The SMILES string of the molecule is CCc1ccc(-n2cc(CNC(=O)C(=O)c3cc4ccccc4[nH]3)nn2)cc1. The van der Waals surface area contributed by atoms with Gasteiger partial charge in [0.05, 0.1) is 24.1 Å². The molecule has 0 bridgehead atoms. The van der Waals surface area contributed by atoms with Gasteiger partial charge in [0.2, 0.25) is 0 Å². The number of hydrogen-bond acceptors (Lipinski definition) is 4. The molecule has 0 saturated carbocycles. The Hall–Kier alpha value is -3.74. The Morgan fingerprint density at radius 1 is 1.11 bits per heavy atom. The number of nitrogens with zero attached hydrogens (tertiary/aromatic N) is 3. The van der Waals surface area contributed by atoms with Crippen molar-refractivity contribution in [3.8, 4) is 5.69 Å². The average molecular weight is 373 g/mol. The number of Topliss-reactive ketones (excluding diaryl/α,β-unsaturated/α-hetero) is 1. The smallest absolute Gasteiger partial charge is 0.294 e. The number of nitrogens with one attached hydrogen (secondary N) is 2. The summed E-state index contributed by atoms with van der Waals surface area (Å²) in [6.45, 7) is 2.22. The minimum atomic E-state index is -0.687. The maximum atomic E-state index is 12.3. The van der Waals surface area contributed by atoms with Gasteiger partial charge in [0, 0.05) is 10.9 Å². The summed E-state index contributed by atoms with van der Waals surface area (Å²) in [7, 11) is 0. The molecule has 4 aromatic rings. The van der Waals surface area contributed by atoms with Crippen LogP contribution in [0.5, 0.6) is 0 Å². The van der Waals surface area contributed by atoms with E-state index in [4.69, 9.17) is 0 Å². The molecule has 0 spiro atoms. The third kappa shape index (κ3) is 3.55. The van der Waals surface area contributed by atoms with E-state index in [9.17, 15) is 9.59 Å². The number of aromatic amines is 1. The third-order valence-corrected chi connectivity index (χ3v) is 4.56. The molecule has 0 atom stereocenters. The highest BCUT2D eigenvalue weighted by molar-refractivity contribution is 6.42. The lowest BCUT2D eigenvalue weighted by Crippen LogP contribution is -2.30. The maximum Gasteiger partial charge on any atom is 0.294 e. The lowest BCUT2D eigenvalue weighted by molar-refractivity contribution is -0.117. The van der Waals surface area contributed by atoms with Gasteiger partial charge in [0.1, 0.15) is 5.69 Å². The maximum absolute atomic E-state index is 12.3. The Bertz CT molecular complexity index is 1110. The predicted molar refractivity (Wildman–Crippen MR) is 105 cm³/mol. The molecule has 2 aromatic heterocycles. The quantitative estimate of drug-likeness (QED) is 0.401. The van der Waals surface area contributed by atoms with Crippen molar-refractivity contribution in [3.05, 3.63) is 77.7 Å². The van der Waals surface area contributed by atoms with Crippen molar-refractivity contribution in [2.45, 2.75) is 19.9 Å². The van der Waals surface area contributed by atoms with Crippen LogP contribution in [0, 0.1) is 0 Å². The van der Waals surface area contributed by atoms with Crippen LogP contribution in [0.15, 0.2) is 60.8 Å². The van der Waals surface area contributed by atoms with E-state index in [0.717, 1.165) is 23.0 Å². The molecule has 2 heterocycles. The Balaban J connectivity index is 1.40. The van der Waals surface area contributed by atoms with E-state index in [2.05, 4.69) is 27.5 Å². The zero-order valence-corrected chi connectivity index (χ0v) is 15.3. The lowest BCUT2D eigenvalue weighted by atomic mass is 10.1. The number of carbonyl (C=O) groups is 2. The van der Waals surface area contributed by atoms with E-state index < -0.39 is 11.7 Å². The fraction of sp³-hybridized carbons (Fsp3) is 0.143. The highest BCUT2D eigenvalue weighted by atomic mass is 16.2. The number of hydrogen-bond donors (Lipinski definition) is 2. The summed E-state index contributed by atoms with van der Waals surface area (Å²) >= 11 is 0. The molecule has 0 aliphatic heterocycles. The van der Waals surface area contributed by atoms with Gasteiger partial charge in [-0.3, -0.25) is 9.59 Å². The Morgan fingerprint density at radius 3 is 2.64 bits per heavy atom. The van der Waals surface area contributed by atoms with Crippen molar-refractivity contribution in [1.82, 2.24) is 25.3 Å². The highest BCUT2D eigenvalue weighted by Crippen LogP contribution is 2.15. The molecule has 0 aliphatic carbocycles. The van der Waals surface area contributed by atoms with Gasteiger partial charge in [-0.2, -0.15) is 0 Å². The molecule has 1 amide bonds. The van der Waals surface area contributed by atoms with Crippen LogP contribution in [-0.4, -0.2) is 31.7 Å². The molecule has 0 fully saturated rings. The molecule has 4 rings (SSSR count). The molecule has 2 N–H and O–H groups in total. The van der Waals surface area contributed by atoms with Crippen molar-refractivity contribution in [2.24, 2.45) is 0 Å². The zero-order chi connectivity index (χ0) is 19.5. The van der Waals surface area contributed by atoms with Crippen molar-refractivity contribution < 1.29 is 9.59 Å². The third-order valence-electron chi connectivity index (χ3n) is 4.56. The minimum Gasteiger partial charge on any atom is -0.352 e. The first-order chi connectivity index (χ1) is 13.6. The van der Waals surface area contributed by atoms with Crippen LogP contribution in [0.25, 0.3) is 16.6 Å². The lowest BCUT2D eigenvalue weighted by Gasteiger charge is -2.02. The predicted octanol–water partition coefficient (Wildman–Crippen LogP) is 2.81. The molecular formula is C21H19N5O2. The Labute approximate surface area is 161 Å². The summed E-state index contributed by atoms with van der Waals surface area (Å²) in [6.07, 6.45) is 2.70. The van der Waals surface area contributed by atoms with Crippen LogP contribution < -0.4 is 5.32 Å². The van der Waals surface area contributed by atoms with E-state index in [0.29, 0.717) is 5.69 Å². The minimum absolute atomic E-state index is 0.123. The van der Waals surface area contributed by atoms with Gasteiger partial charge >= 0.3 is 0 Å². The number of rotatable bonds is 6. The molecule has 28 heavy (non-hydrogen) atoms. The number of aryl methyl sites for hydroxylation is 1. The van der Waals surface area contributed by atoms with Crippen molar-refractivity contribution in [2.75, 3.05) is 0 Å². The summed E-state index contributed by atoms with van der Waals surface area (Å²) in [5.41, 5.74) is 3.77. The highest BCUT2D eigenvalue weighted by Gasteiger charge is 2.18. The van der Waals surface area contributed by atoms with E-state index in [-0.39, 0.29) is 12.2 Å². The number of benzene rings is 2. The topological polar surface area (TPSA) is 92.7 Å². The van der Waals surface area contributed by atoms with Gasteiger partial charge < -0.3 is 10.3 Å². The molecule has 0 saturated heterocycles. The van der Waals surface area contributed by atoms with Crippen molar-refractivity contribution in [1.29, 1.82) is 0 Å². The van der Waals surface area contributed by atoms with Crippen LogP contribution >= 0.6 is 0 Å². The summed E-state index contributed by atoms with van der Waals surface area (Å²) in [5, 5.41) is 11.6. The summed E-state index contributed by atoms with van der Waals surface area (Å²) in [6, 6.07) is 17.2. The molecule has 0 aliphatic rings. The van der Waals surface area contributed by atoms with Crippen LogP contribution in [0.4, 0.5) is 0 Å².